The summed E-state index contributed by atoms with van der Waals surface area (Å²) < 4.78 is 11.2. The van der Waals surface area contributed by atoms with E-state index in [1.807, 2.05) is 45.9 Å². The monoisotopic (exact) mass is 303 g/mol. The maximum atomic E-state index is 5.65. The summed E-state index contributed by atoms with van der Waals surface area (Å²) in [5.74, 6) is 4.42. The molecule has 0 amide bonds. The van der Waals surface area contributed by atoms with Crippen molar-refractivity contribution in [3.8, 4) is 0 Å². The van der Waals surface area contributed by atoms with Crippen LogP contribution in [0.5, 0.6) is 0 Å². The van der Waals surface area contributed by atoms with Gasteiger partial charge in [-0.3, -0.25) is 0 Å². The standard InChI is InChI=1S/C17H25N3O2/c1-6-18-17(19-10-15-9-12(3)21-14(15)5)20-13(4)16-8-7-11(2)22-16/h7-9,13H,6,10H2,1-5H3,(H2,18,19,20). The van der Waals surface area contributed by atoms with E-state index < -0.39 is 0 Å². The van der Waals surface area contributed by atoms with Crippen LogP contribution in [0.4, 0.5) is 0 Å². The summed E-state index contributed by atoms with van der Waals surface area (Å²) in [6, 6.07) is 6.04. The van der Waals surface area contributed by atoms with E-state index in [1.165, 1.54) is 0 Å². The highest BCUT2D eigenvalue weighted by atomic mass is 16.3. The van der Waals surface area contributed by atoms with Gasteiger partial charge in [-0.2, -0.15) is 0 Å². The number of nitrogens with one attached hydrogen (secondary N) is 2. The van der Waals surface area contributed by atoms with Crippen LogP contribution in [0.1, 0.15) is 48.5 Å². The van der Waals surface area contributed by atoms with Crippen molar-refractivity contribution in [2.24, 2.45) is 4.99 Å². The number of guanidine groups is 1. The van der Waals surface area contributed by atoms with Gasteiger partial charge in [0.2, 0.25) is 0 Å². The molecule has 2 N–H and O–H groups in total. The molecule has 1 atom stereocenters. The number of aryl methyl sites for hydroxylation is 3. The summed E-state index contributed by atoms with van der Waals surface area (Å²) in [5, 5.41) is 6.61. The van der Waals surface area contributed by atoms with Gasteiger partial charge in [-0.15, -0.1) is 0 Å². The van der Waals surface area contributed by atoms with Gasteiger partial charge in [0.05, 0.1) is 12.6 Å². The second kappa shape index (κ2) is 7.20. The smallest absolute Gasteiger partial charge is 0.192 e. The van der Waals surface area contributed by atoms with Crippen LogP contribution in [0, 0.1) is 20.8 Å². The van der Waals surface area contributed by atoms with E-state index in [4.69, 9.17) is 8.83 Å². The molecule has 0 aliphatic rings. The summed E-state index contributed by atoms with van der Waals surface area (Å²) >= 11 is 0. The van der Waals surface area contributed by atoms with E-state index in [9.17, 15) is 0 Å². The van der Waals surface area contributed by atoms with Crippen molar-refractivity contribution in [1.82, 2.24) is 10.6 Å². The zero-order chi connectivity index (χ0) is 16.1. The second-order valence-corrected chi connectivity index (χ2v) is 5.45. The highest BCUT2D eigenvalue weighted by Gasteiger charge is 2.11. The minimum atomic E-state index is 0.0543. The van der Waals surface area contributed by atoms with Gasteiger partial charge >= 0.3 is 0 Å². The first kappa shape index (κ1) is 16.2. The summed E-state index contributed by atoms with van der Waals surface area (Å²) in [5.41, 5.74) is 1.11. The first-order valence-electron chi connectivity index (χ1n) is 7.66. The molecule has 0 aliphatic carbocycles. The molecule has 0 bridgehead atoms. The maximum Gasteiger partial charge on any atom is 0.192 e. The number of aliphatic imine (C=N–C) groups is 1. The highest BCUT2D eigenvalue weighted by molar-refractivity contribution is 5.80. The minimum absolute atomic E-state index is 0.0543. The molecule has 0 aliphatic heterocycles. The van der Waals surface area contributed by atoms with Crippen molar-refractivity contribution >= 4 is 5.96 Å². The molecule has 2 aromatic rings. The summed E-state index contributed by atoms with van der Waals surface area (Å²) in [6.07, 6.45) is 0. The van der Waals surface area contributed by atoms with Gasteiger partial charge in [0.25, 0.3) is 0 Å². The molecule has 0 aromatic carbocycles. The summed E-state index contributed by atoms with van der Waals surface area (Å²) in [4.78, 5) is 4.62. The van der Waals surface area contributed by atoms with Crippen LogP contribution in [0.15, 0.2) is 32.0 Å². The van der Waals surface area contributed by atoms with E-state index in [2.05, 4.69) is 22.5 Å². The average molecular weight is 303 g/mol. The van der Waals surface area contributed by atoms with E-state index in [0.29, 0.717) is 6.54 Å². The van der Waals surface area contributed by atoms with Crippen LogP contribution in [0.25, 0.3) is 0 Å². The van der Waals surface area contributed by atoms with Gasteiger partial charge in [-0.25, -0.2) is 4.99 Å². The van der Waals surface area contributed by atoms with Gasteiger partial charge in [0.15, 0.2) is 5.96 Å². The number of hydrogen-bond acceptors (Lipinski definition) is 3. The Bertz CT molecular complexity index is 640. The lowest BCUT2D eigenvalue weighted by Gasteiger charge is -2.16. The van der Waals surface area contributed by atoms with Crippen molar-refractivity contribution in [3.63, 3.8) is 0 Å². The Hall–Kier alpha value is -2.17. The van der Waals surface area contributed by atoms with Gasteiger partial charge in [-0.1, -0.05) is 0 Å². The third-order valence-electron chi connectivity index (χ3n) is 3.44. The van der Waals surface area contributed by atoms with E-state index in [0.717, 1.165) is 41.1 Å². The van der Waals surface area contributed by atoms with Gasteiger partial charge < -0.3 is 19.5 Å². The Balaban J connectivity index is 2.05. The van der Waals surface area contributed by atoms with E-state index in [-0.39, 0.29) is 6.04 Å². The van der Waals surface area contributed by atoms with Crippen molar-refractivity contribution < 1.29 is 8.83 Å². The predicted molar refractivity (Wildman–Crippen MR) is 88.0 cm³/mol. The first-order chi connectivity index (χ1) is 10.5. The average Bonchev–Trinajstić information content (AvgIpc) is 3.02. The van der Waals surface area contributed by atoms with Crippen LogP contribution >= 0.6 is 0 Å². The lowest BCUT2D eigenvalue weighted by atomic mass is 10.2. The van der Waals surface area contributed by atoms with Crippen molar-refractivity contribution in [2.45, 2.75) is 47.2 Å². The second-order valence-electron chi connectivity index (χ2n) is 5.45. The third-order valence-corrected chi connectivity index (χ3v) is 3.44. The largest absolute Gasteiger partial charge is 0.466 e. The molecule has 22 heavy (non-hydrogen) atoms. The molecule has 0 saturated heterocycles. The SMILES string of the molecule is CCNC(=NCc1cc(C)oc1C)NC(C)c1ccc(C)o1. The summed E-state index contributed by atoms with van der Waals surface area (Å²) in [6.45, 7) is 11.4. The molecule has 0 radical (unpaired) electrons. The number of furan rings is 2. The molecule has 5 nitrogen and oxygen atoms in total. The molecule has 0 spiro atoms. The van der Waals surface area contributed by atoms with Gasteiger partial charge in [-0.05, 0) is 52.8 Å². The van der Waals surface area contributed by atoms with E-state index >= 15 is 0 Å². The lowest BCUT2D eigenvalue weighted by Crippen LogP contribution is -2.38. The Kier molecular flexibility index (Phi) is 5.31. The zero-order valence-corrected chi connectivity index (χ0v) is 14.0. The molecule has 2 heterocycles. The number of nitrogens with zero attached hydrogens (tertiary/aromatic N) is 1. The minimum Gasteiger partial charge on any atom is -0.466 e. The van der Waals surface area contributed by atoms with Crippen molar-refractivity contribution in [1.29, 1.82) is 0 Å². The lowest BCUT2D eigenvalue weighted by molar-refractivity contribution is 0.441. The Morgan fingerprint density at radius 2 is 1.95 bits per heavy atom. The molecular formula is C17H25N3O2. The normalized spacial score (nSPS) is 13.2. The van der Waals surface area contributed by atoms with E-state index in [1.54, 1.807) is 0 Å². The molecule has 120 valence electrons. The fraction of sp³-hybridized carbons (Fsp3) is 0.471. The fourth-order valence-corrected chi connectivity index (χ4v) is 2.29. The van der Waals surface area contributed by atoms with Crippen molar-refractivity contribution in [2.75, 3.05) is 6.54 Å². The third kappa shape index (κ3) is 4.16. The molecule has 2 aromatic heterocycles. The predicted octanol–water partition coefficient (Wildman–Crippen LogP) is 3.61. The fourth-order valence-electron chi connectivity index (χ4n) is 2.29. The molecule has 0 fully saturated rings. The molecule has 0 saturated carbocycles. The molecule has 5 heteroatoms. The molecule has 1 unspecified atom stereocenters. The van der Waals surface area contributed by atoms with Crippen LogP contribution in [-0.4, -0.2) is 12.5 Å². The Morgan fingerprint density at radius 1 is 1.18 bits per heavy atom. The summed E-state index contributed by atoms with van der Waals surface area (Å²) in [7, 11) is 0. The Morgan fingerprint density at radius 3 is 2.50 bits per heavy atom. The topological polar surface area (TPSA) is 62.7 Å². The van der Waals surface area contributed by atoms with Gasteiger partial charge in [0.1, 0.15) is 23.0 Å². The molecular weight excluding hydrogens is 278 g/mol. The molecule has 2 rings (SSSR count). The first-order valence-corrected chi connectivity index (χ1v) is 7.66. The maximum absolute atomic E-state index is 5.65. The number of rotatable bonds is 5. The zero-order valence-electron chi connectivity index (χ0n) is 14.0. The van der Waals surface area contributed by atoms with Crippen LogP contribution in [0.2, 0.25) is 0 Å². The quantitative estimate of drug-likeness (QED) is 0.654. The Labute approximate surface area is 131 Å². The van der Waals surface area contributed by atoms with Crippen LogP contribution in [0.3, 0.4) is 0 Å². The highest BCUT2D eigenvalue weighted by Crippen LogP contribution is 2.16. The van der Waals surface area contributed by atoms with Crippen LogP contribution in [-0.2, 0) is 6.54 Å². The number of hydrogen-bond donors (Lipinski definition) is 2. The van der Waals surface area contributed by atoms with Crippen molar-refractivity contribution in [3.05, 3.63) is 46.8 Å². The van der Waals surface area contributed by atoms with Gasteiger partial charge in [0, 0.05) is 12.1 Å². The van der Waals surface area contributed by atoms with Crippen LogP contribution < -0.4 is 10.6 Å².